The SMILES string of the molecule is CC(=CSSSSCC(C)c1ccccc1)c1ccccc1. The Morgan fingerprint density at radius 1 is 0.955 bits per heavy atom. The highest BCUT2D eigenvalue weighted by Crippen LogP contribution is 2.45. The summed E-state index contributed by atoms with van der Waals surface area (Å²) in [4.78, 5) is 0. The second-order valence-electron chi connectivity index (χ2n) is 5.00. The predicted octanol–water partition coefficient (Wildman–Crippen LogP) is 7.53. The molecule has 2 rings (SSSR count). The number of allylic oxidation sites excluding steroid dienone is 1. The molecule has 1 unspecified atom stereocenters. The minimum atomic E-state index is 0.603. The topological polar surface area (TPSA) is 0 Å². The van der Waals surface area contributed by atoms with Crippen molar-refractivity contribution in [3.63, 3.8) is 0 Å². The van der Waals surface area contributed by atoms with E-state index in [4.69, 9.17) is 0 Å². The van der Waals surface area contributed by atoms with Crippen molar-refractivity contribution in [2.24, 2.45) is 0 Å². The summed E-state index contributed by atoms with van der Waals surface area (Å²) in [6, 6.07) is 21.3. The molecule has 22 heavy (non-hydrogen) atoms. The largest absolute Gasteiger partial charge is 0.0811 e. The fourth-order valence-corrected chi connectivity index (χ4v) is 7.71. The van der Waals surface area contributed by atoms with Gasteiger partial charge in [0.15, 0.2) is 0 Å². The maximum Gasteiger partial charge on any atom is 0.0112 e. The van der Waals surface area contributed by atoms with Crippen LogP contribution in [-0.4, -0.2) is 5.75 Å². The molecule has 0 saturated carbocycles. The minimum Gasteiger partial charge on any atom is -0.0811 e. The van der Waals surface area contributed by atoms with Crippen LogP contribution >= 0.6 is 41.2 Å². The summed E-state index contributed by atoms with van der Waals surface area (Å²) in [6.07, 6.45) is 0. The summed E-state index contributed by atoms with van der Waals surface area (Å²) in [5.74, 6) is 1.75. The van der Waals surface area contributed by atoms with E-state index in [1.165, 1.54) is 16.7 Å². The van der Waals surface area contributed by atoms with Crippen molar-refractivity contribution in [2.45, 2.75) is 19.8 Å². The fraction of sp³-hybridized carbons (Fsp3) is 0.222. The molecule has 0 fully saturated rings. The highest BCUT2D eigenvalue weighted by molar-refractivity contribution is 9.26. The van der Waals surface area contributed by atoms with Crippen molar-refractivity contribution < 1.29 is 0 Å². The molecule has 0 spiro atoms. The number of hydrogen-bond acceptors (Lipinski definition) is 4. The van der Waals surface area contributed by atoms with Gasteiger partial charge in [-0.25, -0.2) is 0 Å². The molecule has 0 radical (unpaired) electrons. The third kappa shape index (κ3) is 6.37. The number of hydrogen-bond donors (Lipinski definition) is 0. The van der Waals surface area contributed by atoms with Gasteiger partial charge in [0, 0.05) is 5.75 Å². The number of rotatable bonds is 8. The molecule has 0 aliphatic heterocycles. The second-order valence-corrected chi connectivity index (χ2v) is 10.8. The molecule has 0 N–H and O–H groups in total. The third-order valence-electron chi connectivity index (χ3n) is 3.26. The van der Waals surface area contributed by atoms with Gasteiger partial charge in [-0.15, -0.1) is 0 Å². The van der Waals surface area contributed by atoms with E-state index in [1.54, 1.807) is 10.8 Å². The quantitative estimate of drug-likeness (QED) is 0.350. The highest BCUT2D eigenvalue weighted by Gasteiger charge is 2.05. The smallest absolute Gasteiger partial charge is 0.0112 e. The lowest BCUT2D eigenvalue weighted by atomic mass is 10.0. The summed E-state index contributed by atoms with van der Waals surface area (Å²) < 4.78 is 0. The Morgan fingerprint density at radius 2 is 1.59 bits per heavy atom. The zero-order valence-electron chi connectivity index (χ0n) is 12.8. The Balaban J connectivity index is 1.63. The molecule has 116 valence electrons. The lowest BCUT2D eigenvalue weighted by Gasteiger charge is -2.09. The van der Waals surface area contributed by atoms with E-state index in [1.807, 2.05) is 30.4 Å². The van der Waals surface area contributed by atoms with E-state index in [0.717, 1.165) is 5.75 Å². The highest BCUT2D eigenvalue weighted by atomic mass is 33.7. The van der Waals surface area contributed by atoms with Gasteiger partial charge in [0.25, 0.3) is 0 Å². The first-order chi connectivity index (χ1) is 10.8. The van der Waals surface area contributed by atoms with E-state index in [-0.39, 0.29) is 0 Å². The Hall–Kier alpha value is -0.420. The van der Waals surface area contributed by atoms with Gasteiger partial charge < -0.3 is 0 Å². The molecule has 1 atom stereocenters. The average Bonchev–Trinajstić information content (AvgIpc) is 2.59. The molecule has 0 nitrogen and oxygen atoms in total. The summed E-state index contributed by atoms with van der Waals surface area (Å²) in [5, 5.41) is 2.23. The van der Waals surface area contributed by atoms with Crippen molar-refractivity contribution in [1.29, 1.82) is 0 Å². The zero-order valence-corrected chi connectivity index (χ0v) is 16.0. The minimum absolute atomic E-state index is 0.603. The fourth-order valence-electron chi connectivity index (χ4n) is 1.90. The average molecular weight is 365 g/mol. The second kappa shape index (κ2) is 10.4. The molecule has 2 aromatic rings. The Labute approximate surface area is 149 Å². The first-order valence-electron chi connectivity index (χ1n) is 7.16. The van der Waals surface area contributed by atoms with E-state index in [9.17, 15) is 0 Å². The summed E-state index contributed by atoms with van der Waals surface area (Å²) in [7, 11) is 7.43. The van der Waals surface area contributed by atoms with Crippen molar-refractivity contribution >= 4 is 46.8 Å². The van der Waals surface area contributed by atoms with Crippen LogP contribution in [0.25, 0.3) is 5.57 Å². The van der Waals surface area contributed by atoms with Crippen LogP contribution < -0.4 is 0 Å². The summed E-state index contributed by atoms with van der Waals surface area (Å²) >= 11 is 0. The van der Waals surface area contributed by atoms with Gasteiger partial charge in [0.2, 0.25) is 0 Å². The van der Waals surface area contributed by atoms with E-state index in [0.29, 0.717) is 5.92 Å². The van der Waals surface area contributed by atoms with Gasteiger partial charge in [-0.3, -0.25) is 0 Å². The molecular formula is C18H20S4. The molecular weight excluding hydrogens is 344 g/mol. The lowest BCUT2D eigenvalue weighted by Crippen LogP contribution is -1.94. The predicted molar refractivity (Wildman–Crippen MR) is 110 cm³/mol. The van der Waals surface area contributed by atoms with Crippen LogP contribution in [0, 0.1) is 0 Å². The Morgan fingerprint density at radius 3 is 2.27 bits per heavy atom. The molecule has 0 heterocycles. The van der Waals surface area contributed by atoms with Crippen LogP contribution in [0.15, 0.2) is 66.1 Å². The van der Waals surface area contributed by atoms with Gasteiger partial charge in [-0.2, -0.15) is 0 Å². The molecule has 0 saturated heterocycles. The van der Waals surface area contributed by atoms with Gasteiger partial charge in [0.05, 0.1) is 0 Å². The first-order valence-corrected chi connectivity index (χ1v) is 12.2. The molecule has 2 aromatic carbocycles. The van der Waals surface area contributed by atoms with Gasteiger partial charge in [-0.05, 0) is 54.6 Å². The van der Waals surface area contributed by atoms with Crippen LogP contribution in [0.3, 0.4) is 0 Å². The molecule has 4 heteroatoms. The van der Waals surface area contributed by atoms with Crippen LogP contribution in [-0.2, 0) is 0 Å². The standard InChI is InChI=1S/C18H20S4/c1-15(17-9-5-3-6-10-17)13-19-21-22-20-14-16(2)18-11-7-4-8-12-18/h3-13,16H,14H2,1-2H3. The van der Waals surface area contributed by atoms with Crippen LogP contribution in [0.4, 0.5) is 0 Å². The molecule has 0 aromatic heterocycles. The van der Waals surface area contributed by atoms with Crippen molar-refractivity contribution in [3.05, 3.63) is 77.2 Å². The molecule has 0 aliphatic rings. The van der Waals surface area contributed by atoms with E-state index < -0.39 is 0 Å². The normalized spacial score (nSPS) is 13.1. The lowest BCUT2D eigenvalue weighted by molar-refractivity contribution is 0.883. The third-order valence-corrected chi connectivity index (χ3v) is 9.53. The van der Waals surface area contributed by atoms with Crippen molar-refractivity contribution in [1.82, 2.24) is 0 Å². The van der Waals surface area contributed by atoms with Crippen LogP contribution in [0.1, 0.15) is 30.9 Å². The Bertz CT molecular complexity index is 566. The molecule has 0 bridgehead atoms. The van der Waals surface area contributed by atoms with Crippen LogP contribution in [0.2, 0.25) is 0 Å². The van der Waals surface area contributed by atoms with E-state index >= 15 is 0 Å². The first kappa shape index (κ1) is 17.9. The van der Waals surface area contributed by atoms with Crippen molar-refractivity contribution in [2.75, 3.05) is 5.75 Å². The molecule has 0 amide bonds. The summed E-state index contributed by atoms with van der Waals surface area (Å²) in [6.45, 7) is 4.46. The maximum absolute atomic E-state index is 2.29. The van der Waals surface area contributed by atoms with Gasteiger partial charge >= 0.3 is 0 Å². The van der Waals surface area contributed by atoms with Gasteiger partial charge in [-0.1, -0.05) is 89.2 Å². The number of benzene rings is 2. The Kier molecular flexibility index (Phi) is 8.45. The maximum atomic E-state index is 2.29. The van der Waals surface area contributed by atoms with Gasteiger partial charge in [0.1, 0.15) is 0 Å². The summed E-state index contributed by atoms with van der Waals surface area (Å²) in [5.41, 5.74) is 4.04. The molecule has 0 aliphatic carbocycles. The van der Waals surface area contributed by atoms with Crippen LogP contribution in [0.5, 0.6) is 0 Å². The van der Waals surface area contributed by atoms with E-state index in [2.05, 4.69) is 79.9 Å². The monoisotopic (exact) mass is 364 g/mol. The van der Waals surface area contributed by atoms with Crippen molar-refractivity contribution in [3.8, 4) is 0 Å². The zero-order chi connectivity index (χ0) is 15.6.